The van der Waals surface area contributed by atoms with Crippen molar-refractivity contribution < 1.29 is 9.53 Å². The summed E-state index contributed by atoms with van der Waals surface area (Å²) in [5.74, 6) is -0.280. The van der Waals surface area contributed by atoms with Crippen LogP contribution in [0.3, 0.4) is 0 Å². The molecule has 2 atom stereocenters. The molecule has 1 N–H and O–H groups in total. The third kappa shape index (κ3) is 2.54. The van der Waals surface area contributed by atoms with Gasteiger partial charge in [-0.1, -0.05) is 0 Å². The van der Waals surface area contributed by atoms with Crippen molar-refractivity contribution >= 4 is 17.2 Å². The number of nitrogens with one attached hydrogen (secondary N) is 1. The molecule has 4 rings (SSSR count). The van der Waals surface area contributed by atoms with Gasteiger partial charge in [0.2, 0.25) is 5.91 Å². The van der Waals surface area contributed by atoms with E-state index >= 15 is 0 Å². The summed E-state index contributed by atoms with van der Waals surface area (Å²) in [4.78, 5) is 12.7. The Morgan fingerprint density at radius 1 is 1.42 bits per heavy atom. The minimum absolute atomic E-state index is 0.0474. The third-order valence-corrected chi connectivity index (χ3v) is 4.33. The topological polar surface area (TPSA) is 86.3 Å². The van der Waals surface area contributed by atoms with Crippen molar-refractivity contribution in [2.45, 2.75) is 26.0 Å². The second-order valence-corrected chi connectivity index (χ2v) is 5.76. The quantitative estimate of drug-likeness (QED) is 0.788. The number of carbonyl (C=O) groups is 1. The van der Waals surface area contributed by atoms with Crippen LogP contribution in [0.5, 0.6) is 0 Å². The highest BCUT2D eigenvalue weighted by Gasteiger charge is 2.37. The van der Waals surface area contributed by atoms with Gasteiger partial charge in [-0.3, -0.25) is 13.9 Å². The van der Waals surface area contributed by atoms with Gasteiger partial charge >= 0.3 is 0 Å². The normalized spacial score (nSPS) is 20.5. The molecule has 1 amide bonds. The van der Waals surface area contributed by atoms with E-state index in [1.807, 2.05) is 29.8 Å². The van der Waals surface area contributed by atoms with Crippen molar-refractivity contribution in [3.8, 4) is 0 Å². The summed E-state index contributed by atoms with van der Waals surface area (Å²) in [5.41, 5.74) is 2.40. The number of hydrogen-bond acceptors (Lipinski definition) is 5. The maximum Gasteiger partial charge on any atom is 0.230 e. The number of nitrogens with zero attached hydrogens (tertiary/aromatic N) is 5. The number of amides is 1. The zero-order valence-electron chi connectivity index (χ0n) is 13.3. The van der Waals surface area contributed by atoms with Crippen LogP contribution < -0.4 is 5.32 Å². The first kappa shape index (κ1) is 14.8. The van der Waals surface area contributed by atoms with Crippen LogP contribution in [0.2, 0.25) is 0 Å². The number of carbonyl (C=O) groups excluding carboxylic acids is 1. The zero-order chi connectivity index (χ0) is 16.5. The second kappa shape index (κ2) is 6.04. The van der Waals surface area contributed by atoms with Crippen LogP contribution in [-0.2, 0) is 16.1 Å². The average molecular weight is 326 g/mol. The van der Waals surface area contributed by atoms with E-state index in [2.05, 4.69) is 20.6 Å². The molecule has 8 nitrogen and oxygen atoms in total. The van der Waals surface area contributed by atoms with Gasteiger partial charge in [-0.25, -0.2) is 0 Å². The Balaban J connectivity index is 1.54. The molecule has 1 fully saturated rings. The number of fused-ring (bicyclic) bond motifs is 1. The molecule has 0 saturated carbocycles. The summed E-state index contributed by atoms with van der Waals surface area (Å²) in [6, 6.07) is 5.56. The van der Waals surface area contributed by atoms with E-state index in [9.17, 15) is 4.79 Å². The molecular weight excluding hydrogens is 308 g/mol. The fraction of sp³-hybridized carbons (Fsp3) is 0.375. The van der Waals surface area contributed by atoms with E-state index in [0.717, 1.165) is 17.9 Å². The summed E-state index contributed by atoms with van der Waals surface area (Å²) in [6.07, 6.45) is 5.59. The Kier molecular flexibility index (Phi) is 3.73. The first-order chi connectivity index (χ1) is 11.8. The minimum atomic E-state index is -0.258. The van der Waals surface area contributed by atoms with Gasteiger partial charge in [0.15, 0.2) is 5.65 Å². The molecule has 1 saturated heterocycles. The number of anilines is 1. The number of pyridine rings is 1. The molecule has 0 bridgehead atoms. The SMILES string of the molecule is CCn1nccc1[C@@H]1OCC[C@H]1C(=O)Nc1ccc2nncn2c1. The molecule has 1 aliphatic rings. The number of rotatable bonds is 4. The summed E-state index contributed by atoms with van der Waals surface area (Å²) >= 11 is 0. The average Bonchev–Trinajstić information content (AvgIpc) is 3.32. The number of hydrogen-bond donors (Lipinski definition) is 1. The molecule has 124 valence electrons. The lowest BCUT2D eigenvalue weighted by molar-refractivity contribution is -0.121. The molecule has 0 aromatic carbocycles. The van der Waals surface area contributed by atoms with Crippen molar-refractivity contribution in [3.05, 3.63) is 42.6 Å². The minimum Gasteiger partial charge on any atom is -0.371 e. The molecule has 8 heteroatoms. The van der Waals surface area contributed by atoms with Gasteiger partial charge < -0.3 is 10.1 Å². The van der Waals surface area contributed by atoms with E-state index < -0.39 is 0 Å². The molecule has 3 aromatic heterocycles. The highest BCUT2D eigenvalue weighted by atomic mass is 16.5. The van der Waals surface area contributed by atoms with Crippen molar-refractivity contribution in [2.24, 2.45) is 5.92 Å². The summed E-state index contributed by atoms with van der Waals surface area (Å²) < 4.78 is 9.47. The van der Waals surface area contributed by atoms with E-state index in [0.29, 0.717) is 18.7 Å². The maximum absolute atomic E-state index is 12.7. The monoisotopic (exact) mass is 326 g/mol. The van der Waals surface area contributed by atoms with Crippen LogP contribution in [-0.4, -0.2) is 36.9 Å². The zero-order valence-corrected chi connectivity index (χ0v) is 13.3. The summed E-state index contributed by atoms with van der Waals surface area (Å²) in [5, 5.41) is 15.0. The van der Waals surface area contributed by atoms with Crippen molar-refractivity contribution in [2.75, 3.05) is 11.9 Å². The van der Waals surface area contributed by atoms with E-state index in [1.54, 1.807) is 23.1 Å². The number of aryl methyl sites for hydroxylation is 1. The molecule has 0 spiro atoms. The van der Waals surface area contributed by atoms with E-state index in [-0.39, 0.29) is 17.9 Å². The molecule has 0 unspecified atom stereocenters. The standard InChI is InChI=1S/C16H18N6O2/c1-2-22-13(5-7-18-22)15-12(6-8-24-15)16(23)19-11-3-4-14-20-17-10-21(14)9-11/h3-5,7,9-10,12,15H,2,6,8H2,1H3,(H,19,23)/t12-,15-/m1/s1. The second-order valence-electron chi connectivity index (χ2n) is 5.76. The Labute approximate surface area is 138 Å². The van der Waals surface area contributed by atoms with Gasteiger partial charge in [0.25, 0.3) is 0 Å². The van der Waals surface area contributed by atoms with E-state index in [4.69, 9.17) is 4.74 Å². The molecule has 0 aliphatic carbocycles. The largest absolute Gasteiger partial charge is 0.371 e. The molecule has 3 aromatic rings. The highest BCUT2D eigenvalue weighted by Crippen LogP contribution is 2.35. The van der Waals surface area contributed by atoms with E-state index in [1.165, 1.54) is 0 Å². The van der Waals surface area contributed by atoms with Gasteiger partial charge in [-0.15, -0.1) is 10.2 Å². The summed E-state index contributed by atoms with van der Waals surface area (Å²) in [6.45, 7) is 3.35. The van der Waals surface area contributed by atoms with Crippen LogP contribution in [0.25, 0.3) is 5.65 Å². The first-order valence-electron chi connectivity index (χ1n) is 8.00. The molecular formula is C16H18N6O2. The molecule has 0 radical (unpaired) electrons. The number of aromatic nitrogens is 5. The van der Waals surface area contributed by atoms with Crippen LogP contribution in [0, 0.1) is 5.92 Å². The lowest BCUT2D eigenvalue weighted by atomic mass is 9.98. The lowest BCUT2D eigenvalue weighted by Crippen LogP contribution is -2.26. The predicted octanol–water partition coefficient (Wildman–Crippen LogP) is 1.66. The Bertz CT molecular complexity index is 870. The summed E-state index contributed by atoms with van der Waals surface area (Å²) in [7, 11) is 0. The Hall–Kier alpha value is -2.74. The van der Waals surface area contributed by atoms with Crippen LogP contribution in [0.15, 0.2) is 36.9 Å². The van der Waals surface area contributed by atoms with Crippen LogP contribution in [0.4, 0.5) is 5.69 Å². The smallest absolute Gasteiger partial charge is 0.230 e. The van der Waals surface area contributed by atoms with Gasteiger partial charge in [0.1, 0.15) is 12.4 Å². The first-order valence-corrected chi connectivity index (χ1v) is 8.00. The van der Waals surface area contributed by atoms with Crippen molar-refractivity contribution in [1.29, 1.82) is 0 Å². The maximum atomic E-state index is 12.7. The van der Waals surface area contributed by atoms with Gasteiger partial charge in [-0.05, 0) is 31.5 Å². The van der Waals surface area contributed by atoms with Crippen LogP contribution in [0.1, 0.15) is 25.1 Å². The fourth-order valence-corrected chi connectivity index (χ4v) is 3.13. The fourth-order valence-electron chi connectivity index (χ4n) is 3.13. The predicted molar refractivity (Wildman–Crippen MR) is 86.3 cm³/mol. The van der Waals surface area contributed by atoms with Crippen LogP contribution >= 0.6 is 0 Å². The molecule has 4 heterocycles. The van der Waals surface area contributed by atoms with Crippen molar-refractivity contribution in [3.63, 3.8) is 0 Å². The van der Waals surface area contributed by atoms with Crippen molar-refractivity contribution in [1.82, 2.24) is 24.4 Å². The molecule has 1 aliphatic heterocycles. The lowest BCUT2D eigenvalue weighted by Gasteiger charge is -2.19. The Morgan fingerprint density at radius 3 is 3.21 bits per heavy atom. The van der Waals surface area contributed by atoms with Gasteiger partial charge in [0.05, 0.1) is 17.3 Å². The number of ether oxygens (including phenoxy) is 1. The molecule has 24 heavy (non-hydrogen) atoms. The van der Waals surface area contributed by atoms with Gasteiger partial charge in [-0.2, -0.15) is 5.10 Å². The Morgan fingerprint density at radius 2 is 2.33 bits per heavy atom. The highest BCUT2D eigenvalue weighted by molar-refractivity contribution is 5.93. The van der Waals surface area contributed by atoms with Gasteiger partial charge in [0, 0.05) is 25.5 Å². The third-order valence-electron chi connectivity index (χ3n) is 4.33.